The van der Waals surface area contributed by atoms with Crippen molar-refractivity contribution in [2.45, 2.75) is 23.3 Å². The molecule has 0 heterocycles. The monoisotopic (exact) mass is 442 g/mol. The first-order chi connectivity index (χ1) is 11.2. The van der Waals surface area contributed by atoms with Crippen LogP contribution in [0.5, 0.6) is 0 Å². The highest BCUT2D eigenvalue weighted by atomic mass is 32.2. The average Bonchev–Trinajstić information content (AvgIpc) is 2.40. The summed E-state index contributed by atoms with van der Waals surface area (Å²) in [7, 11) is -10.2. The molecule has 17 heteroatoms. The predicted molar refractivity (Wildman–Crippen MR) is 67.0 cm³/mol. The number of carbonyl (C=O) groups excluding carboxylic acids is 2. The molecule has 0 rings (SSSR count). The zero-order valence-corrected chi connectivity index (χ0v) is 13.9. The van der Waals surface area contributed by atoms with Crippen LogP contribution in [0, 0.1) is 0 Å². The summed E-state index contributed by atoms with van der Waals surface area (Å²) in [6.45, 7) is -2.26. The lowest BCUT2D eigenvalue weighted by Gasteiger charge is -2.30. The van der Waals surface area contributed by atoms with Gasteiger partial charge in [-0.1, -0.05) is 0 Å². The summed E-state index contributed by atoms with van der Waals surface area (Å²) >= 11 is 0. The molecule has 0 radical (unpaired) electrons. The minimum Gasteiger partial charge on any atom is -0.457 e. The lowest BCUT2D eigenvalue weighted by Crippen LogP contribution is -2.62. The first-order valence-corrected chi connectivity index (χ1v) is 9.36. The molecule has 1 N–H and O–H groups in total. The van der Waals surface area contributed by atoms with Crippen LogP contribution < -0.4 is 0 Å². The van der Waals surface area contributed by atoms with Crippen LogP contribution in [0.15, 0.2) is 0 Å². The Morgan fingerprint density at radius 1 is 1.00 bits per heavy atom. The highest BCUT2D eigenvalue weighted by Crippen LogP contribution is 2.47. The van der Waals surface area contributed by atoms with Gasteiger partial charge in [-0.2, -0.15) is 34.8 Å². The van der Waals surface area contributed by atoms with Crippen LogP contribution in [0.4, 0.5) is 30.7 Å². The molecule has 0 spiro atoms. The topological polar surface area (TPSA) is 132 Å². The molecule has 0 saturated carbocycles. The zero-order chi connectivity index (χ0) is 21.4. The molecule has 0 aliphatic heterocycles. The lowest BCUT2D eigenvalue weighted by atomic mass is 10.0. The molecule has 0 aliphatic carbocycles. The normalized spacial score (nSPS) is 15.4. The van der Waals surface area contributed by atoms with Gasteiger partial charge in [0.25, 0.3) is 5.50 Å². The van der Waals surface area contributed by atoms with E-state index >= 15 is 0 Å². The number of ether oxygens (including phenoxy) is 1. The number of Topliss-reactive ketones (excluding diaryl/α,β-unsaturated/α-hetero) is 1. The minimum atomic E-state index is -6.82. The van der Waals surface area contributed by atoms with Gasteiger partial charge < -0.3 is 4.74 Å². The van der Waals surface area contributed by atoms with Gasteiger partial charge in [0.1, 0.15) is 12.4 Å². The van der Waals surface area contributed by atoms with Gasteiger partial charge in [-0.25, -0.2) is 17.6 Å². The summed E-state index contributed by atoms with van der Waals surface area (Å²) in [4.78, 5) is 21.8. The van der Waals surface area contributed by atoms with E-state index in [4.69, 9.17) is 4.55 Å². The van der Waals surface area contributed by atoms with Gasteiger partial charge in [0, 0.05) is 6.26 Å². The van der Waals surface area contributed by atoms with Crippen molar-refractivity contribution in [3.8, 4) is 0 Å². The van der Waals surface area contributed by atoms with Crippen molar-refractivity contribution in [3.05, 3.63) is 0 Å². The molecule has 0 aromatic rings. The fraction of sp³-hybridized carbons (Fsp3) is 0.778. The standard InChI is InChI=1S/C9H9F7O8S2/c1-25(19,20)3-4(17)7(11,12)9(15,16)8(13,14)6(18)24-2-5(10)26(21,22)23/h5H,2-3H2,1H3,(H,21,22,23). The smallest absolute Gasteiger partial charge is 0.411 e. The molecule has 0 fully saturated rings. The Morgan fingerprint density at radius 3 is 1.77 bits per heavy atom. The molecule has 0 bridgehead atoms. The number of alkyl halides is 7. The van der Waals surface area contributed by atoms with Crippen LogP contribution in [0.2, 0.25) is 0 Å². The molecule has 0 aromatic carbocycles. The van der Waals surface area contributed by atoms with Crippen molar-refractivity contribution in [1.82, 2.24) is 0 Å². The Morgan fingerprint density at radius 2 is 1.42 bits per heavy atom. The minimum absolute atomic E-state index is 0.155. The molecule has 154 valence electrons. The maximum Gasteiger partial charge on any atom is 0.411 e. The lowest BCUT2D eigenvalue weighted by molar-refractivity contribution is -0.293. The van der Waals surface area contributed by atoms with Crippen molar-refractivity contribution in [2.24, 2.45) is 0 Å². The molecule has 0 amide bonds. The fourth-order valence-electron chi connectivity index (χ4n) is 1.15. The van der Waals surface area contributed by atoms with Gasteiger partial charge >= 0.3 is 33.9 Å². The molecule has 8 nitrogen and oxygen atoms in total. The number of sulfone groups is 1. The van der Waals surface area contributed by atoms with E-state index in [1.54, 1.807) is 0 Å². The first kappa shape index (κ1) is 24.5. The van der Waals surface area contributed by atoms with Gasteiger partial charge in [-0.3, -0.25) is 9.35 Å². The number of halogens is 7. The Labute approximate surface area is 141 Å². The van der Waals surface area contributed by atoms with Gasteiger partial charge in [0.15, 0.2) is 9.84 Å². The summed E-state index contributed by atoms with van der Waals surface area (Å²) in [6, 6.07) is 0. The molecule has 0 aromatic heterocycles. The molecule has 26 heavy (non-hydrogen) atoms. The summed E-state index contributed by atoms with van der Waals surface area (Å²) in [5.41, 5.74) is -3.55. The third-order valence-corrected chi connectivity index (χ3v) is 4.03. The molecular weight excluding hydrogens is 433 g/mol. The van der Waals surface area contributed by atoms with Gasteiger partial charge in [0.05, 0.1) is 0 Å². The van der Waals surface area contributed by atoms with E-state index in [1.165, 1.54) is 0 Å². The van der Waals surface area contributed by atoms with E-state index in [0.717, 1.165) is 0 Å². The summed E-state index contributed by atoms with van der Waals surface area (Å²) < 4.78 is 146. The highest BCUT2D eigenvalue weighted by Gasteiger charge is 2.78. The second kappa shape index (κ2) is 7.26. The Hall–Kier alpha value is -1.49. The van der Waals surface area contributed by atoms with Gasteiger partial charge in [-0.05, 0) is 0 Å². The van der Waals surface area contributed by atoms with Crippen LogP contribution >= 0.6 is 0 Å². The van der Waals surface area contributed by atoms with E-state index < -0.39 is 67.3 Å². The van der Waals surface area contributed by atoms with E-state index in [2.05, 4.69) is 4.74 Å². The Kier molecular flexibility index (Phi) is 6.84. The van der Waals surface area contributed by atoms with Crippen molar-refractivity contribution >= 4 is 31.7 Å². The van der Waals surface area contributed by atoms with Crippen LogP contribution in [-0.2, 0) is 34.3 Å². The predicted octanol–water partition coefficient (Wildman–Crippen LogP) is 0.233. The van der Waals surface area contributed by atoms with E-state index in [9.17, 15) is 57.2 Å². The van der Waals surface area contributed by atoms with Crippen molar-refractivity contribution in [1.29, 1.82) is 0 Å². The van der Waals surface area contributed by atoms with Gasteiger partial charge in [-0.15, -0.1) is 0 Å². The van der Waals surface area contributed by atoms with Crippen molar-refractivity contribution < 1.29 is 66.4 Å². The molecule has 1 atom stereocenters. The number of rotatable bonds is 9. The number of hydrogen-bond acceptors (Lipinski definition) is 7. The molecular formula is C9H9F7O8S2. The zero-order valence-electron chi connectivity index (χ0n) is 12.3. The van der Waals surface area contributed by atoms with Crippen LogP contribution in [0.3, 0.4) is 0 Å². The fourth-order valence-corrected chi connectivity index (χ4v) is 2.04. The average molecular weight is 442 g/mol. The first-order valence-electron chi connectivity index (χ1n) is 5.80. The maximum atomic E-state index is 13.3. The molecule has 0 aliphatic rings. The van der Waals surface area contributed by atoms with Crippen LogP contribution in [0.25, 0.3) is 0 Å². The molecule has 0 saturated heterocycles. The summed E-state index contributed by atoms with van der Waals surface area (Å²) in [5.74, 6) is -28.7. The number of esters is 1. The Balaban J connectivity index is 5.58. The third kappa shape index (κ3) is 5.26. The van der Waals surface area contributed by atoms with Crippen LogP contribution in [0.1, 0.15) is 0 Å². The second-order valence-corrected chi connectivity index (χ2v) is 8.42. The van der Waals surface area contributed by atoms with E-state index in [-0.39, 0.29) is 6.26 Å². The summed E-state index contributed by atoms with van der Waals surface area (Å²) in [6.07, 6.45) is 0.155. The quantitative estimate of drug-likeness (QED) is 0.305. The number of ketones is 1. The van der Waals surface area contributed by atoms with Crippen molar-refractivity contribution in [2.75, 3.05) is 18.6 Å². The van der Waals surface area contributed by atoms with Gasteiger partial charge in [0.2, 0.25) is 5.78 Å². The SMILES string of the molecule is CS(=O)(=O)CC(=O)C(F)(F)C(F)(F)C(F)(F)C(=O)OCC(F)S(=O)(=O)O. The summed E-state index contributed by atoms with van der Waals surface area (Å²) in [5, 5.41) is 0. The Bertz CT molecular complexity index is 774. The van der Waals surface area contributed by atoms with E-state index in [0.29, 0.717) is 0 Å². The number of carbonyl (C=O) groups is 2. The van der Waals surface area contributed by atoms with Crippen molar-refractivity contribution in [3.63, 3.8) is 0 Å². The maximum absolute atomic E-state index is 13.3. The molecule has 1 unspecified atom stereocenters. The highest BCUT2D eigenvalue weighted by molar-refractivity contribution is 7.91. The largest absolute Gasteiger partial charge is 0.457 e. The third-order valence-electron chi connectivity index (χ3n) is 2.46. The van der Waals surface area contributed by atoms with E-state index in [1.807, 2.05) is 0 Å². The van der Waals surface area contributed by atoms with Crippen LogP contribution in [-0.4, -0.2) is 75.0 Å². The second-order valence-electron chi connectivity index (χ2n) is 4.74. The number of hydrogen-bond donors (Lipinski definition) is 1.